The van der Waals surface area contributed by atoms with E-state index in [9.17, 15) is 9.59 Å². The molecule has 0 saturated heterocycles. The van der Waals surface area contributed by atoms with Gasteiger partial charge in [0.15, 0.2) is 0 Å². The van der Waals surface area contributed by atoms with Crippen LogP contribution < -0.4 is 5.73 Å². The van der Waals surface area contributed by atoms with E-state index in [-0.39, 0.29) is 12.7 Å². The number of carbonyl (C=O) groups is 2. The first kappa shape index (κ1) is 17.8. The minimum absolute atomic E-state index is 0.239. The summed E-state index contributed by atoms with van der Waals surface area (Å²) in [5, 5.41) is 0.807. The number of nitrogens with zero attached hydrogens (tertiary/aromatic N) is 2. The third-order valence-corrected chi connectivity index (χ3v) is 4.78. The largest absolute Gasteiger partial charge is 0.445 e. The molecular formula is C21H20N4O3. The van der Waals surface area contributed by atoms with Crippen molar-refractivity contribution in [2.45, 2.75) is 13.0 Å². The molecule has 7 nitrogen and oxygen atoms in total. The van der Waals surface area contributed by atoms with Crippen LogP contribution in [0.2, 0.25) is 0 Å². The summed E-state index contributed by atoms with van der Waals surface area (Å²) in [6.45, 7) is 1.23. The average molecular weight is 376 g/mol. The molecule has 2 amide bonds. The first-order chi connectivity index (χ1) is 13.6. The van der Waals surface area contributed by atoms with Crippen LogP contribution in [0.1, 0.15) is 28.0 Å². The molecule has 3 N–H and O–H groups in total. The molecule has 0 atom stereocenters. The average Bonchev–Trinajstić information content (AvgIpc) is 3.22. The van der Waals surface area contributed by atoms with Crippen LogP contribution in [0, 0.1) is 0 Å². The monoisotopic (exact) mass is 376 g/mol. The maximum Gasteiger partial charge on any atom is 0.410 e. The number of nitrogens with two attached hydrogens (primary N) is 1. The molecule has 0 saturated carbocycles. The second-order valence-electron chi connectivity index (χ2n) is 6.63. The van der Waals surface area contributed by atoms with Crippen LogP contribution in [-0.2, 0) is 11.3 Å². The van der Waals surface area contributed by atoms with Crippen molar-refractivity contribution in [1.29, 1.82) is 0 Å². The lowest BCUT2D eigenvalue weighted by Crippen LogP contribution is -2.36. The molecule has 1 aliphatic heterocycles. The summed E-state index contributed by atoms with van der Waals surface area (Å²) in [6.07, 6.45) is 5.65. The Hall–Kier alpha value is -3.61. The minimum atomic E-state index is -0.532. The summed E-state index contributed by atoms with van der Waals surface area (Å²) in [6, 6.07) is 11.4. The van der Waals surface area contributed by atoms with Gasteiger partial charge < -0.3 is 20.4 Å². The van der Waals surface area contributed by atoms with Crippen LogP contribution in [-0.4, -0.2) is 40.0 Å². The third-order valence-electron chi connectivity index (χ3n) is 4.78. The molecule has 0 radical (unpaired) electrons. The number of H-pyrrole nitrogens is 1. The zero-order valence-electron chi connectivity index (χ0n) is 15.2. The van der Waals surface area contributed by atoms with Gasteiger partial charge >= 0.3 is 6.09 Å². The van der Waals surface area contributed by atoms with Gasteiger partial charge in [-0.25, -0.2) is 4.79 Å². The Morgan fingerprint density at radius 2 is 2.04 bits per heavy atom. The molecule has 0 spiro atoms. The molecule has 0 unspecified atom stereocenters. The van der Waals surface area contributed by atoms with Crippen LogP contribution in [0.15, 0.2) is 54.9 Å². The Labute approximate surface area is 161 Å². The number of ether oxygens (including phenoxy) is 1. The van der Waals surface area contributed by atoms with Crippen LogP contribution >= 0.6 is 0 Å². The highest BCUT2D eigenvalue weighted by Crippen LogP contribution is 2.28. The fourth-order valence-electron chi connectivity index (χ4n) is 3.38. The lowest BCUT2D eigenvalue weighted by Gasteiger charge is -2.27. The van der Waals surface area contributed by atoms with Gasteiger partial charge in [0.05, 0.1) is 23.3 Å². The van der Waals surface area contributed by atoms with Crippen molar-refractivity contribution in [2.75, 3.05) is 13.1 Å². The number of pyridine rings is 1. The summed E-state index contributed by atoms with van der Waals surface area (Å²) in [7, 11) is 0. The van der Waals surface area contributed by atoms with E-state index in [0.717, 1.165) is 22.2 Å². The Morgan fingerprint density at radius 1 is 1.21 bits per heavy atom. The van der Waals surface area contributed by atoms with Gasteiger partial charge in [-0.05, 0) is 23.6 Å². The molecule has 2 aromatic heterocycles. The topological polar surface area (TPSA) is 101 Å². The van der Waals surface area contributed by atoms with E-state index in [2.05, 4.69) is 16.0 Å². The number of nitrogens with one attached hydrogen (secondary N) is 1. The Balaban J connectivity index is 1.51. The number of hydrogen-bond acceptors (Lipinski definition) is 4. The molecule has 28 heavy (non-hydrogen) atoms. The van der Waals surface area contributed by atoms with Crippen molar-refractivity contribution < 1.29 is 14.3 Å². The SMILES string of the molecule is NC(=O)c1cnc(C2=CCCN(C(=O)OCc3ccccc3)C2)c2cc[nH]c12. The van der Waals surface area contributed by atoms with Gasteiger partial charge in [-0.3, -0.25) is 9.78 Å². The molecule has 3 heterocycles. The molecule has 3 aromatic rings. The highest BCUT2D eigenvalue weighted by molar-refractivity contribution is 6.06. The lowest BCUT2D eigenvalue weighted by molar-refractivity contribution is 0.0995. The summed E-state index contributed by atoms with van der Waals surface area (Å²) >= 11 is 0. The smallest absolute Gasteiger partial charge is 0.410 e. The fraction of sp³-hybridized carbons (Fsp3) is 0.190. The molecule has 142 valence electrons. The number of aromatic amines is 1. The number of rotatable bonds is 4. The molecule has 0 aliphatic carbocycles. The third kappa shape index (κ3) is 3.46. The van der Waals surface area contributed by atoms with Gasteiger partial charge in [0.1, 0.15) is 6.61 Å². The molecule has 7 heteroatoms. The number of amides is 2. The number of hydrogen-bond donors (Lipinski definition) is 2. The van der Waals surface area contributed by atoms with E-state index in [4.69, 9.17) is 10.5 Å². The fourth-order valence-corrected chi connectivity index (χ4v) is 3.38. The van der Waals surface area contributed by atoms with E-state index in [1.54, 1.807) is 11.1 Å². The van der Waals surface area contributed by atoms with E-state index < -0.39 is 5.91 Å². The van der Waals surface area contributed by atoms with Gasteiger partial charge in [0.2, 0.25) is 0 Å². The van der Waals surface area contributed by atoms with Crippen LogP contribution in [0.5, 0.6) is 0 Å². The van der Waals surface area contributed by atoms with E-state index in [1.165, 1.54) is 6.20 Å². The second-order valence-corrected chi connectivity index (χ2v) is 6.63. The van der Waals surface area contributed by atoms with Crippen LogP contribution in [0.3, 0.4) is 0 Å². The highest BCUT2D eigenvalue weighted by atomic mass is 16.6. The first-order valence-corrected chi connectivity index (χ1v) is 9.04. The molecule has 4 rings (SSSR count). The minimum Gasteiger partial charge on any atom is -0.445 e. The van der Waals surface area contributed by atoms with Gasteiger partial charge in [-0.15, -0.1) is 0 Å². The predicted molar refractivity (Wildman–Crippen MR) is 105 cm³/mol. The summed E-state index contributed by atoms with van der Waals surface area (Å²) in [4.78, 5) is 33.3. The summed E-state index contributed by atoms with van der Waals surface area (Å²) in [5.41, 5.74) is 9.03. The molecule has 1 aromatic carbocycles. The second kappa shape index (κ2) is 7.56. The van der Waals surface area contributed by atoms with Crippen LogP contribution in [0.25, 0.3) is 16.5 Å². The van der Waals surface area contributed by atoms with Gasteiger partial charge in [0.25, 0.3) is 5.91 Å². The maximum atomic E-state index is 12.5. The predicted octanol–water partition coefficient (Wildman–Crippen LogP) is 3.09. The number of fused-ring (bicyclic) bond motifs is 1. The van der Waals surface area contributed by atoms with Crippen molar-refractivity contribution in [2.24, 2.45) is 5.73 Å². The van der Waals surface area contributed by atoms with E-state index >= 15 is 0 Å². The van der Waals surface area contributed by atoms with E-state index in [0.29, 0.717) is 30.6 Å². The summed E-state index contributed by atoms with van der Waals surface area (Å²) in [5.74, 6) is -0.532. The standard InChI is InChI=1S/C21H20N4O3/c22-20(26)17-11-24-18(16-8-9-23-19(16)17)15-7-4-10-25(12-15)21(27)28-13-14-5-2-1-3-6-14/h1-3,5-9,11,23H,4,10,12-13H2,(H2,22,26). The zero-order valence-corrected chi connectivity index (χ0v) is 15.2. The number of carbonyl (C=O) groups excluding carboxylic acids is 2. The Kier molecular flexibility index (Phi) is 4.80. The van der Waals surface area contributed by atoms with Gasteiger partial charge in [-0.2, -0.15) is 0 Å². The normalized spacial score (nSPS) is 14.0. The van der Waals surface area contributed by atoms with Crippen molar-refractivity contribution in [3.8, 4) is 0 Å². The highest BCUT2D eigenvalue weighted by Gasteiger charge is 2.23. The zero-order chi connectivity index (χ0) is 19.5. The molecular weight excluding hydrogens is 356 g/mol. The number of benzene rings is 1. The first-order valence-electron chi connectivity index (χ1n) is 9.04. The molecule has 0 fully saturated rings. The number of aromatic nitrogens is 2. The van der Waals surface area contributed by atoms with Gasteiger partial charge in [-0.1, -0.05) is 36.4 Å². The van der Waals surface area contributed by atoms with Crippen molar-refractivity contribution in [3.05, 3.63) is 71.7 Å². The molecule has 1 aliphatic rings. The lowest BCUT2D eigenvalue weighted by atomic mass is 10.0. The quantitative estimate of drug-likeness (QED) is 0.730. The maximum absolute atomic E-state index is 12.5. The van der Waals surface area contributed by atoms with Crippen molar-refractivity contribution in [3.63, 3.8) is 0 Å². The van der Waals surface area contributed by atoms with Gasteiger partial charge in [0, 0.05) is 24.3 Å². The number of primary amides is 1. The summed E-state index contributed by atoms with van der Waals surface area (Å²) < 4.78 is 5.45. The van der Waals surface area contributed by atoms with Crippen LogP contribution in [0.4, 0.5) is 4.79 Å². The van der Waals surface area contributed by atoms with Crippen molar-refractivity contribution in [1.82, 2.24) is 14.9 Å². The van der Waals surface area contributed by atoms with Crippen molar-refractivity contribution >= 4 is 28.5 Å². The Bertz CT molecular complexity index is 1060. The molecule has 0 bridgehead atoms. The van der Waals surface area contributed by atoms with E-state index in [1.807, 2.05) is 36.4 Å². The Morgan fingerprint density at radius 3 is 2.82 bits per heavy atom.